The van der Waals surface area contributed by atoms with Gasteiger partial charge in [-0.3, -0.25) is 0 Å². The summed E-state index contributed by atoms with van der Waals surface area (Å²) in [4.78, 5) is 0. The first-order chi connectivity index (χ1) is 12.6. The summed E-state index contributed by atoms with van der Waals surface area (Å²) >= 11 is 5.75. The van der Waals surface area contributed by atoms with E-state index in [0.29, 0.717) is 28.3 Å². The summed E-state index contributed by atoms with van der Waals surface area (Å²) in [6.45, 7) is 2.01. The maximum absolute atomic E-state index is 9.46. The van der Waals surface area contributed by atoms with Crippen LogP contribution in [-0.2, 0) is 0 Å². The van der Waals surface area contributed by atoms with Crippen LogP contribution in [-0.4, -0.2) is 35.1 Å². The van der Waals surface area contributed by atoms with E-state index in [4.69, 9.17) is 11.6 Å². The molecule has 26 heavy (non-hydrogen) atoms. The summed E-state index contributed by atoms with van der Waals surface area (Å²) in [5.74, 6) is 1.97. The highest BCUT2D eigenvalue weighted by atomic mass is 35.5. The molecule has 0 spiro atoms. The van der Waals surface area contributed by atoms with Gasteiger partial charge in [0.25, 0.3) is 0 Å². The molecular formula is C17H14ClN7O. The van der Waals surface area contributed by atoms with E-state index in [1.165, 1.54) is 0 Å². The SMILES string of the molecule is C[C@@H](c1ccc(O)cc1)c1nnc2ccc(Nc3ccc(Cl)nn3)nn12. The number of phenolic OH excluding ortho intramolecular Hbond substituents is 1. The monoisotopic (exact) mass is 367 g/mol. The Labute approximate surface area is 153 Å². The summed E-state index contributed by atoms with van der Waals surface area (Å²) in [6, 6.07) is 14.0. The normalized spacial score (nSPS) is 12.2. The van der Waals surface area contributed by atoms with Crippen molar-refractivity contribution in [3.05, 3.63) is 65.1 Å². The quantitative estimate of drug-likeness (QED) is 0.571. The molecular weight excluding hydrogens is 354 g/mol. The van der Waals surface area contributed by atoms with E-state index in [1.54, 1.807) is 34.8 Å². The second-order valence-corrected chi connectivity index (χ2v) is 6.11. The summed E-state index contributed by atoms with van der Waals surface area (Å²) in [5, 5.41) is 33.6. The molecule has 0 aliphatic carbocycles. The Morgan fingerprint density at radius 1 is 0.923 bits per heavy atom. The average Bonchev–Trinajstić information content (AvgIpc) is 3.07. The van der Waals surface area contributed by atoms with Crippen LogP contribution in [0.1, 0.15) is 24.2 Å². The maximum Gasteiger partial charge on any atom is 0.178 e. The molecule has 0 fully saturated rings. The number of rotatable bonds is 4. The van der Waals surface area contributed by atoms with Gasteiger partial charge in [0.05, 0.1) is 0 Å². The van der Waals surface area contributed by atoms with Crippen molar-refractivity contribution in [2.75, 3.05) is 5.32 Å². The molecule has 9 heteroatoms. The third kappa shape index (κ3) is 3.14. The van der Waals surface area contributed by atoms with Crippen molar-refractivity contribution in [1.29, 1.82) is 0 Å². The van der Waals surface area contributed by atoms with Crippen LogP contribution in [0.2, 0.25) is 5.15 Å². The lowest BCUT2D eigenvalue weighted by Gasteiger charge is -2.10. The van der Waals surface area contributed by atoms with Crippen LogP contribution < -0.4 is 5.32 Å². The number of halogens is 1. The molecule has 1 aromatic carbocycles. The molecule has 4 aromatic rings. The molecule has 4 rings (SSSR count). The minimum atomic E-state index is -0.0522. The zero-order valence-electron chi connectivity index (χ0n) is 13.7. The molecule has 0 saturated carbocycles. The second-order valence-electron chi connectivity index (χ2n) is 5.73. The summed E-state index contributed by atoms with van der Waals surface area (Å²) in [7, 11) is 0. The minimum absolute atomic E-state index is 0.0522. The fourth-order valence-corrected chi connectivity index (χ4v) is 2.67. The zero-order chi connectivity index (χ0) is 18.1. The van der Waals surface area contributed by atoms with Gasteiger partial charge in [-0.05, 0) is 42.0 Å². The van der Waals surface area contributed by atoms with Crippen molar-refractivity contribution in [2.24, 2.45) is 0 Å². The van der Waals surface area contributed by atoms with Gasteiger partial charge < -0.3 is 10.4 Å². The van der Waals surface area contributed by atoms with Gasteiger partial charge in [-0.2, -0.15) is 4.52 Å². The molecule has 0 aliphatic rings. The van der Waals surface area contributed by atoms with E-state index in [9.17, 15) is 5.11 Å². The van der Waals surface area contributed by atoms with Gasteiger partial charge in [0.2, 0.25) is 0 Å². The number of hydrogen-bond donors (Lipinski definition) is 2. The van der Waals surface area contributed by atoms with Crippen molar-refractivity contribution in [3.63, 3.8) is 0 Å². The number of benzene rings is 1. The minimum Gasteiger partial charge on any atom is -0.508 e. The summed E-state index contributed by atoms with van der Waals surface area (Å²) in [6.07, 6.45) is 0. The molecule has 1 atom stereocenters. The third-order valence-corrected chi connectivity index (χ3v) is 4.16. The van der Waals surface area contributed by atoms with Crippen molar-refractivity contribution in [2.45, 2.75) is 12.8 Å². The van der Waals surface area contributed by atoms with Crippen molar-refractivity contribution >= 4 is 28.9 Å². The number of aromatic hydroxyl groups is 1. The van der Waals surface area contributed by atoms with Gasteiger partial charge in [0.1, 0.15) is 5.75 Å². The van der Waals surface area contributed by atoms with Crippen LogP contribution in [0.5, 0.6) is 5.75 Å². The van der Waals surface area contributed by atoms with E-state index in [2.05, 4.69) is 30.8 Å². The fourth-order valence-electron chi connectivity index (χ4n) is 2.57. The lowest BCUT2D eigenvalue weighted by atomic mass is 10.0. The molecule has 8 nitrogen and oxygen atoms in total. The standard InChI is InChI=1S/C17H14ClN7O/c1-10(11-2-4-12(26)5-3-11)17-23-22-16-9-8-15(24-25(16)17)19-14-7-6-13(18)20-21-14/h2-10,26H,1H3,(H,19,21,24)/t10-/m0/s1. The molecule has 130 valence electrons. The van der Waals surface area contributed by atoms with Gasteiger partial charge >= 0.3 is 0 Å². The van der Waals surface area contributed by atoms with Gasteiger partial charge in [-0.25, -0.2) is 0 Å². The highest BCUT2D eigenvalue weighted by Crippen LogP contribution is 2.25. The summed E-state index contributed by atoms with van der Waals surface area (Å²) < 4.78 is 1.68. The Balaban J connectivity index is 1.68. The van der Waals surface area contributed by atoms with Crippen LogP contribution in [0.3, 0.4) is 0 Å². The van der Waals surface area contributed by atoms with E-state index in [1.807, 2.05) is 25.1 Å². The van der Waals surface area contributed by atoms with E-state index < -0.39 is 0 Å². The number of anilines is 2. The predicted octanol–water partition coefficient (Wildman–Crippen LogP) is 3.17. The molecule has 0 bridgehead atoms. The molecule has 3 aromatic heterocycles. The van der Waals surface area contributed by atoms with Crippen LogP contribution in [0.15, 0.2) is 48.5 Å². The molecule has 0 aliphatic heterocycles. The van der Waals surface area contributed by atoms with E-state index in [0.717, 1.165) is 5.56 Å². The largest absolute Gasteiger partial charge is 0.508 e. The molecule has 0 amide bonds. The molecule has 2 N–H and O–H groups in total. The first kappa shape index (κ1) is 16.2. The van der Waals surface area contributed by atoms with Crippen molar-refractivity contribution in [1.82, 2.24) is 30.0 Å². The third-order valence-electron chi connectivity index (χ3n) is 3.96. The molecule has 3 heterocycles. The number of hydrogen-bond acceptors (Lipinski definition) is 7. The van der Waals surface area contributed by atoms with Crippen molar-refractivity contribution in [3.8, 4) is 5.75 Å². The van der Waals surface area contributed by atoms with Gasteiger partial charge in [-0.1, -0.05) is 30.7 Å². The zero-order valence-corrected chi connectivity index (χ0v) is 14.5. The number of phenols is 1. The number of nitrogens with zero attached hydrogens (tertiary/aromatic N) is 6. The second kappa shape index (κ2) is 6.57. The van der Waals surface area contributed by atoms with Crippen LogP contribution in [0.25, 0.3) is 5.65 Å². The number of aromatic nitrogens is 6. The number of fused-ring (bicyclic) bond motifs is 1. The van der Waals surface area contributed by atoms with Crippen LogP contribution >= 0.6 is 11.6 Å². The van der Waals surface area contributed by atoms with E-state index >= 15 is 0 Å². The predicted molar refractivity (Wildman–Crippen MR) is 96.7 cm³/mol. The average molecular weight is 368 g/mol. The highest BCUT2D eigenvalue weighted by Gasteiger charge is 2.17. The molecule has 0 saturated heterocycles. The Morgan fingerprint density at radius 3 is 2.42 bits per heavy atom. The van der Waals surface area contributed by atoms with Crippen LogP contribution in [0.4, 0.5) is 11.6 Å². The topological polar surface area (TPSA) is 101 Å². The molecule has 0 radical (unpaired) electrons. The fraction of sp³-hybridized carbons (Fsp3) is 0.118. The Kier molecular flexibility index (Phi) is 4.10. The Bertz CT molecular complexity index is 1050. The van der Waals surface area contributed by atoms with Crippen molar-refractivity contribution < 1.29 is 5.11 Å². The lowest BCUT2D eigenvalue weighted by molar-refractivity contribution is 0.475. The number of nitrogens with one attached hydrogen (secondary N) is 1. The van der Waals surface area contributed by atoms with Gasteiger partial charge in [0.15, 0.2) is 28.3 Å². The lowest BCUT2D eigenvalue weighted by Crippen LogP contribution is -2.07. The van der Waals surface area contributed by atoms with Crippen LogP contribution in [0, 0.1) is 0 Å². The van der Waals surface area contributed by atoms with Gasteiger partial charge in [-0.15, -0.1) is 25.5 Å². The molecule has 0 unspecified atom stereocenters. The van der Waals surface area contributed by atoms with Gasteiger partial charge in [0, 0.05) is 5.92 Å². The smallest absolute Gasteiger partial charge is 0.178 e. The first-order valence-corrected chi connectivity index (χ1v) is 8.25. The first-order valence-electron chi connectivity index (χ1n) is 7.88. The highest BCUT2D eigenvalue weighted by molar-refractivity contribution is 6.29. The van der Waals surface area contributed by atoms with E-state index in [-0.39, 0.29) is 11.7 Å². The Hall–Kier alpha value is -3.26. The maximum atomic E-state index is 9.46. The Morgan fingerprint density at radius 2 is 1.69 bits per heavy atom. The summed E-state index contributed by atoms with van der Waals surface area (Å²) in [5.41, 5.74) is 1.64.